The summed E-state index contributed by atoms with van der Waals surface area (Å²) in [5, 5.41) is 0. The van der Waals surface area contributed by atoms with E-state index < -0.39 is 5.60 Å². The predicted octanol–water partition coefficient (Wildman–Crippen LogP) is 2.02. The first-order chi connectivity index (χ1) is 9.19. The van der Waals surface area contributed by atoms with Gasteiger partial charge in [-0.1, -0.05) is 12.2 Å². The number of carbonyl (C=O) groups excluding carboxylic acids is 1. The summed E-state index contributed by atoms with van der Waals surface area (Å²) < 4.78 is 7.67. The summed E-state index contributed by atoms with van der Waals surface area (Å²) in [5.41, 5.74) is 7.06. The second-order valence-electron chi connectivity index (χ2n) is 5.91. The lowest BCUT2D eigenvalue weighted by molar-refractivity contribution is 0.0222. The number of carbonyl (C=O) groups is 1. The van der Waals surface area contributed by atoms with E-state index in [1.165, 1.54) is 0 Å². The summed E-state index contributed by atoms with van der Waals surface area (Å²) in [6.07, 6.45) is 0.320. The molecule has 0 saturated heterocycles. The molecule has 7 heteroatoms. The van der Waals surface area contributed by atoms with E-state index in [0.717, 1.165) is 11.3 Å². The minimum absolute atomic E-state index is 0.322. The number of nitrogens with two attached hydrogens (primary N) is 1. The van der Waals surface area contributed by atoms with Crippen molar-refractivity contribution in [1.29, 1.82) is 0 Å². The van der Waals surface area contributed by atoms with Crippen molar-refractivity contribution in [2.24, 2.45) is 7.05 Å². The van der Waals surface area contributed by atoms with E-state index in [0.29, 0.717) is 30.1 Å². The third kappa shape index (κ3) is 2.92. The molecule has 0 bridgehead atoms. The molecule has 0 unspecified atom stereocenters. The number of rotatable bonds is 0. The second kappa shape index (κ2) is 5.05. The Bertz CT molecular complexity index is 604. The molecule has 0 saturated carbocycles. The lowest BCUT2D eigenvalue weighted by Crippen LogP contribution is -2.40. The maximum atomic E-state index is 12.1. The Morgan fingerprint density at radius 1 is 1.45 bits per heavy atom. The third-order valence-electron chi connectivity index (χ3n) is 3.12. The van der Waals surface area contributed by atoms with E-state index in [9.17, 15) is 4.79 Å². The van der Waals surface area contributed by atoms with Gasteiger partial charge in [-0.15, -0.1) is 0 Å². The third-order valence-corrected chi connectivity index (χ3v) is 3.64. The Balaban J connectivity index is 2.25. The van der Waals surface area contributed by atoms with E-state index in [-0.39, 0.29) is 6.09 Å². The second-order valence-corrected chi connectivity index (χ2v) is 6.30. The first-order valence-corrected chi connectivity index (χ1v) is 6.92. The molecule has 2 rings (SSSR count). The molecule has 1 aromatic rings. The van der Waals surface area contributed by atoms with Gasteiger partial charge in [0, 0.05) is 25.6 Å². The topological polar surface area (TPSA) is 73.4 Å². The van der Waals surface area contributed by atoms with Gasteiger partial charge >= 0.3 is 6.09 Å². The van der Waals surface area contributed by atoms with Crippen LogP contribution in [0.15, 0.2) is 0 Å². The predicted molar refractivity (Wildman–Crippen MR) is 78.8 cm³/mol. The Morgan fingerprint density at radius 3 is 2.70 bits per heavy atom. The molecule has 20 heavy (non-hydrogen) atoms. The van der Waals surface area contributed by atoms with Crippen molar-refractivity contribution in [2.75, 3.05) is 12.3 Å². The van der Waals surface area contributed by atoms with Crippen LogP contribution in [0, 0.1) is 4.64 Å². The van der Waals surface area contributed by atoms with Crippen molar-refractivity contribution in [2.45, 2.75) is 39.3 Å². The summed E-state index contributed by atoms with van der Waals surface area (Å²) in [5.74, 6) is 0.402. The van der Waals surface area contributed by atoms with Crippen molar-refractivity contribution in [3.63, 3.8) is 0 Å². The Morgan fingerprint density at radius 2 is 2.10 bits per heavy atom. The molecule has 6 nitrogen and oxygen atoms in total. The normalized spacial score (nSPS) is 14.9. The van der Waals surface area contributed by atoms with E-state index in [4.69, 9.17) is 22.7 Å². The summed E-state index contributed by atoms with van der Waals surface area (Å²) >= 11 is 5.38. The summed E-state index contributed by atoms with van der Waals surface area (Å²) in [4.78, 5) is 18.1. The minimum atomic E-state index is -0.502. The van der Waals surface area contributed by atoms with Crippen LogP contribution in [-0.2, 0) is 24.8 Å². The van der Waals surface area contributed by atoms with Crippen LogP contribution in [-0.4, -0.2) is 32.7 Å². The van der Waals surface area contributed by atoms with Crippen molar-refractivity contribution in [1.82, 2.24) is 14.5 Å². The molecule has 0 aliphatic carbocycles. The molecule has 0 radical (unpaired) electrons. The van der Waals surface area contributed by atoms with Gasteiger partial charge in [0.25, 0.3) is 0 Å². The van der Waals surface area contributed by atoms with Gasteiger partial charge in [-0.3, -0.25) is 0 Å². The molecule has 2 N–H and O–H groups in total. The molecule has 0 fully saturated rings. The highest BCUT2D eigenvalue weighted by Gasteiger charge is 2.27. The first kappa shape index (κ1) is 14.8. The standard InChI is InChI=1S/C13H20N4O2S/c1-13(2,3)19-12(18)17-6-5-9-8(7-17)10(20)16(4)11(14)15-9/h5-7H2,1-4H3,(H2,14,15). The molecular weight excluding hydrogens is 276 g/mol. The van der Waals surface area contributed by atoms with Crippen LogP contribution in [0.5, 0.6) is 0 Å². The zero-order valence-electron chi connectivity index (χ0n) is 12.3. The fraction of sp³-hybridized carbons (Fsp3) is 0.615. The van der Waals surface area contributed by atoms with Crippen LogP contribution >= 0.6 is 12.2 Å². The fourth-order valence-electron chi connectivity index (χ4n) is 2.07. The number of aromatic nitrogens is 2. The Labute approximate surface area is 123 Å². The van der Waals surface area contributed by atoms with E-state index in [2.05, 4.69) is 4.98 Å². The molecule has 0 atom stereocenters. The summed E-state index contributed by atoms with van der Waals surface area (Å²) in [6.45, 7) is 6.54. The zero-order chi connectivity index (χ0) is 15.1. The number of ether oxygens (including phenoxy) is 1. The van der Waals surface area contributed by atoms with Crippen LogP contribution in [0.4, 0.5) is 10.7 Å². The van der Waals surface area contributed by atoms with Crippen LogP contribution in [0.25, 0.3) is 0 Å². The minimum Gasteiger partial charge on any atom is -0.444 e. The highest BCUT2D eigenvalue weighted by Crippen LogP contribution is 2.21. The molecule has 1 aromatic heterocycles. The monoisotopic (exact) mass is 296 g/mol. The molecule has 110 valence electrons. The Kier molecular flexibility index (Phi) is 3.73. The molecule has 0 spiro atoms. The van der Waals surface area contributed by atoms with E-state index >= 15 is 0 Å². The number of anilines is 1. The molecule has 1 aliphatic heterocycles. The van der Waals surface area contributed by atoms with Gasteiger partial charge in [-0.2, -0.15) is 0 Å². The molecule has 1 aliphatic rings. The lowest BCUT2D eigenvalue weighted by atomic mass is 10.1. The SMILES string of the molecule is Cn1c(N)nc2c(c1=S)CN(C(=O)OC(C)(C)C)CC2. The molecule has 1 amide bonds. The van der Waals surface area contributed by atoms with Crippen molar-refractivity contribution >= 4 is 24.3 Å². The average Bonchev–Trinajstić information content (AvgIpc) is 2.34. The van der Waals surface area contributed by atoms with Gasteiger partial charge in [0.05, 0.1) is 12.2 Å². The van der Waals surface area contributed by atoms with Crippen molar-refractivity contribution < 1.29 is 9.53 Å². The highest BCUT2D eigenvalue weighted by molar-refractivity contribution is 7.71. The fourth-order valence-corrected chi connectivity index (χ4v) is 2.35. The molecule has 0 aromatic carbocycles. The van der Waals surface area contributed by atoms with E-state index in [1.807, 2.05) is 20.8 Å². The molecule has 2 heterocycles. The summed E-state index contributed by atoms with van der Waals surface area (Å²) in [6, 6.07) is 0. The van der Waals surface area contributed by atoms with Gasteiger partial charge in [0.15, 0.2) is 0 Å². The van der Waals surface area contributed by atoms with Crippen LogP contribution in [0.3, 0.4) is 0 Å². The quantitative estimate of drug-likeness (QED) is 0.742. The summed E-state index contributed by atoms with van der Waals surface area (Å²) in [7, 11) is 1.78. The maximum Gasteiger partial charge on any atom is 0.410 e. The van der Waals surface area contributed by atoms with Gasteiger partial charge in [-0.25, -0.2) is 9.78 Å². The zero-order valence-corrected chi connectivity index (χ0v) is 13.1. The first-order valence-electron chi connectivity index (χ1n) is 6.51. The number of amides is 1. The smallest absolute Gasteiger partial charge is 0.410 e. The van der Waals surface area contributed by atoms with Crippen molar-refractivity contribution in [3.8, 4) is 0 Å². The van der Waals surface area contributed by atoms with Crippen LogP contribution < -0.4 is 5.73 Å². The number of hydrogen-bond donors (Lipinski definition) is 1. The van der Waals surface area contributed by atoms with Crippen LogP contribution in [0.2, 0.25) is 0 Å². The number of nitrogen functional groups attached to an aromatic ring is 1. The largest absolute Gasteiger partial charge is 0.444 e. The lowest BCUT2D eigenvalue weighted by Gasteiger charge is -2.31. The van der Waals surface area contributed by atoms with Crippen LogP contribution in [0.1, 0.15) is 32.0 Å². The highest BCUT2D eigenvalue weighted by atomic mass is 32.1. The van der Waals surface area contributed by atoms with E-state index in [1.54, 1.807) is 16.5 Å². The number of hydrogen-bond acceptors (Lipinski definition) is 5. The van der Waals surface area contributed by atoms with Gasteiger partial charge in [0.1, 0.15) is 10.2 Å². The van der Waals surface area contributed by atoms with Crippen molar-refractivity contribution in [3.05, 3.63) is 15.9 Å². The number of nitrogens with zero attached hydrogens (tertiary/aromatic N) is 3. The van der Waals surface area contributed by atoms with Gasteiger partial charge in [0.2, 0.25) is 5.95 Å². The maximum absolute atomic E-state index is 12.1. The molecular formula is C13H20N4O2S. The van der Waals surface area contributed by atoms with Gasteiger partial charge in [-0.05, 0) is 20.8 Å². The Hall–Kier alpha value is -1.63. The number of fused-ring (bicyclic) bond motifs is 1. The average molecular weight is 296 g/mol. The van der Waals surface area contributed by atoms with Gasteiger partial charge < -0.3 is 19.9 Å².